The van der Waals surface area contributed by atoms with E-state index in [0.29, 0.717) is 5.39 Å². The first-order valence-corrected chi connectivity index (χ1v) is 7.89. The topological polar surface area (TPSA) is 92.7 Å². The summed E-state index contributed by atoms with van der Waals surface area (Å²) in [6.07, 6.45) is 1.73. The van der Waals surface area contributed by atoms with Gasteiger partial charge in [0.05, 0.1) is 5.52 Å². The van der Waals surface area contributed by atoms with Crippen LogP contribution < -0.4 is 10.7 Å². The van der Waals surface area contributed by atoms with Gasteiger partial charge in [-0.05, 0) is 25.5 Å². The lowest BCUT2D eigenvalue weighted by atomic mass is 10.2. The van der Waals surface area contributed by atoms with Gasteiger partial charge in [-0.1, -0.05) is 19.1 Å². The summed E-state index contributed by atoms with van der Waals surface area (Å²) in [5.74, 6) is 0.776. The van der Waals surface area contributed by atoms with Gasteiger partial charge in [0.25, 0.3) is 0 Å². The van der Waals surface area contributed by atoms with Crippen molar-refractivity contribution in [3.63, 3.8) is 0 Å². The van der Waals surface area contributed by atoms with Crippen LogP contribution in [-0.2, 0) is 17.8 Å². The number of fused-ring (bicyclic) bond motifs is 1. The highest BCUT2D eigenvalue weighted by molar-refractivity contribution is 5.90. The van der Waals surface area contributed by atoms with Crippen molar-refractivity contribution in [1.82, 2.24) is 19.7 Å². The van der Waals surface area contributed by atoms with Crippen LogP contribution in [-0.4, -0.2) is 25.7 Å². The normalized spacial score (nSPS) is 10.9. The zero-order valence-electron chi connectivity index (χ0n) is 13.7. The molecule has 124 valence electrons. The van der Waals surface area contributed by atoms with Crippen LogP contribution in [0.1, 0.15) is 24.9 Å². The number of carbonyl (C=O) groups excluding carboxylic acids is 1. The molecule has 0 aliphatic heterocycles. The standard InChI is InChI=1S/C17H19N5O2/c1-3-6-15-18-17(21-20-15)19-16(24)10-22-11(2)9-14(23)12-7-4-5-8-13(12)22/h4-5,7-9H,3,6,10H2,1-2H3,(H2,18,19,20,21,24). The highest BCUT2D eigenvalue weighted by atomic mass is 16.2. The predicted molar refractivity (Wildman–Crippen MR) is 92.0 cm³/mol. The van der Waals surface area contributed by atoms with Gasteiger partial charge in [-0.25, -0.2) is 0 Å². The molecule has 0 radical (unpaired) electrons. The molecule has 1 aromatic carbocycles. The smallest absolute Gasteiger partial charge is 0.248 e. The van der Waals surface area contributed by atoms with Crippen LogP contribution >= 0.6 is 0 Å². The molecule has 3 aromatic rings. The third-order valence-electron chi connectivity index (χ3n) is 3.80. The number of aromatic nitrogens is 4. The maximum Gasteiger partial charge on any atom is 0.248 e. The van der Waals surface area contributed by atoms with Gasteiger partial charge in [0.1, 0.15) is 12.4 Å². The lowest BCUT2D eigenvalue weighted by Gasteiger charge is -2.13. The number of nitrogens with one attached hydrogen (secondary N) is 2. The zero-order chi connectivity index (χ0) is 17.1. The minimum atomic E-state index is -0.242. The molecule has 2 heterocycles. The van der Waals surface area contributed by atoms with E-state index in [2.05, 4.69) is 20.5 Å². The molecule has 2 N–H and O–H groups in total. The number of hydrogen-bond acceptors (Lipinski definition) is 4. The van der Waals surface area contributed by atoms with E-state index in [1.54, 1.807) is 12.1 Å². The van der Waals surface area contributed by atoms with E-state index in [0.717, 1.165) is 29.9 Å². The number of carbonyl (C=O) groups is 1. The summed E-state index contributed by atoms with van der Waals surface area (Å²) in [6.45, 7) is 3.95. The molecule has 24 heavy (non-hydrogen) atoms. The summed E-state index contributed by atoms with van der Waals surface area (Å²) in [6, 6.07) is 8.80. The Morgan fingerprint density at radius 3 is 2.92 bits per heavy atom. The maximum absolute atomic E-state index is 12.3. The number of benzene rings is 1. The summed E-state index contributed by atoms with van der Waals surface area (Å²) in [7, 11) is 0. The molecule has 7 heteroatoms. The first kappa shape index (κ1) is 15.9. The highest BCUT2D eigenvalue weighted by Crippen LogP contribution is 2.13. The van der Waals surface area contributed by atoms with Crippen molar-refractivity contribution in [3.8, 4) is 0 Å². The molecule has 7 nitrogen and oxygen atoms in total. The Balaban J connectivity index is 1.84. The molecule has 1 amide bonds. The van der Waals surface area contributed by atoms with E-state index in [-0.39, 0.29) is 23.8 Å². The van der Waals surface area contributed by atoms with E-state index in [1.165, 1.54) is 0 Å². The number of nitrogens with zero attached hydrogens (tertiary/aromatic N) is 3. The van der Waals surface area contributed by atoms with Crippen molar-refractivity contribution >= 4 is 22.8 Å². The maximum atomic E-state index is 12.3. The fourth-order valence-electron chi connectivity index (χ4n) is 2.67. The van der Waals surface area contributed by atoms with Gasteiger partial charge < -0.3 is 4.57 Å². The molecule has 0 fully saturated rings. The molecule has 0 unspecified atom stereocenters. The Hall–Kier alpha value is -2.96. The number of pyridine rings is 1. The van der Waals surface area contributed by atoms with Crippen molar-refractivity contribution in [2.24, 2.45) is 0 Å². The first-order valence-electron chi connectivity index (χ1n) is 7.89. The second-order valence-electron chi connectivity index (χ2n) is 5.66. The van der Waals surface area contributed by atoms with Crippen molar-refractivity contribution < 1.29 is 4.79 Å². The van der Waals surface area contributed by atoms with Crippen molar-refractivity contribution in [2.45, 2.75) is 33.2 Å². The fourth-order valence-corrected chi connectivity index (χ4v) is 2.67. The van der Waals surface area contributed by atoms with E-state index in [9.17, 15) is 9.59 Å². The zero-order valence-corrected chi connectivity index (χ0v) is 13.7. The molecule has 0 atom stereocenters. The average Bonchev–Trinajstić information content (AvgIpc) is 2.99. The minimum absolute atomic E-state index is 0.0436. The Morgan fingerprint density at radius 2 is 2.12 bits per heavy atom. The monoisotopic (exact) mass is 325 g/mol. The molecule has 0 aliphatic carbocycles. The number of amides is 1. The van der Waals surface area contributed by atoms with E-state index < -0.39 is 0 Å². The summed E-state index contributed by atoms with van der Waals surface area (Å²) in [5, 5.41) is 10.1. The lowest BCUT2D eigenvalue weighted by molar-refractivity contribution is -0.116. The second-order valence-corrected chi connectivity index (χ2v) is 5.66. The molecule has 0 aliphatic rings. The van der Waals surface area contributed by atoms with Gasteiger partial charge >= 0.3 is 0 Å². The van der Waals surface area contributed by atoms with E-state index >= 15 is 0 Å². The lowest BCUT2D eigenvalue weighted by Crippen LogP contribution is -2.22. The Kier molecular flexibility index (Phi) is 4.41. The quantitative estimate of drug-likeness (QED) is 0.750. The molecule has 0 bridgehead atoms. The van der Waals surface area contributed by atoms with Crippen LogP contribution in [0.4, 0.5) is 5.95 Å². The number of aryl methyl sites for hydroxylation is 2. The molecular formula is C17H19N5O2. The molecule has 2 aromatic heterocycles. The van der Waals surface area contributed by atoms with Crippen molar-refractivity contribution in [3.05, 3.63) is 52.1 Å². The molecule has 0 saturated heterocycles. The summed E-state index contributed by atoms with van der Waals surface area (Å²) in [4.78, 5) is 28.6. The van der Waals surface area contributed by atoms with Gasteiger partial charge in [-0.2, -0.15) is 4.98 Å². The minimum Gasteiger partial charge on any atom is -0.335 e. The predicted octanol–water partition coefficient (Wildman–Crippen LogP) is 2.02. The number of rotatable bonds is 5. The highest BCUT2D eigenvalue weighted by Gasteiger charge is 2.12. The number of anilines is 1. The Labute approximate surface area is 138 Å². The number of hydrogen-bond donors (Lipinski definition) is 2. The van der Waals surface area contributed by atoms with Gasteiger partial charge in [-0.15, -0.1) is 5.10 Å². The summed E-state index contributed by atoms with van der Waals surface area (Å²) < 4.78 is 1.81. The fraction of sp³-hybridized carbons (Fsp3) is 0.294. The molecular weight excluding hydrogens is 306 g/mol. The van der Waals surface area contributed by atoms with Crippen LogP contribution in [0.5, 0.6) is 0 Å². The summed E-state index contributed by atoms with van der Waals surface area (Å²) in [5.41, 5.74) is 1.42. The third kappa shape index (κ3) is 3.19. The van der Waals surface area contributed by atoms with E-state index in [4.69, 9.17) is 0 Å². The van der Waals surface area contributed by atoms with Crippen LogP contribution in [0.25, 0.3) is 10.9 Å². The van der Waals surface area contributed by atoms with Crippen LogP contribution in [0.15, 0.2) is 35.1 Å². The molecule has 0 spiro atoms. The average molecular weight is 325 g/mol. The first-order chi connectivity index (χ1) is 11.6. The van der Waals surface area contributed by atoms with E-state index in [1.807, 2.05) is 36.6 Å². The molecule has 0 saturated carbocycles. The SMILES string of the molecule is CCCc1nc(NC(=O)Cn2c(C)cc(=O)c3ccccc32)n[nH]1. The third-order valence-corrected chi connectivity index (χ3v) is 3.80. The van der Waals surface area contributed by atoms with Gasteiger partial charge in [0.15, 0.2) is 5.43 Å². The van der Waals surface area contributed by atoms with Gasteiger partial charge in [0, 0.05) is 23.6 Å². The Morgan fingerprint density at radius 1 is 1.33 bits per heavy atom. The van der Waals surface area contributed by atoms with Crippen LogP contribution in [0, 0.1) is 6.92 Å². The number of H-pyrrole nitrogens is 1. The van der Waals surface area contributed by atoms with Crippen molar-refractivity contribution in [1.29, 1.82) is 0 Å². The van der Waals surface area contributed by atoms with Gasteiger partial charge in [-0.3, -0.25) is 20.0 Å². The van der Waals surface area contributed by atoms with Crippen LogP contribution in [0.3, 0.4) is 0 Å². The van der Waals surface area contributed by atoms with Crippen LogP contribution in [0.2, 0.25) is 0 Å². The largest absolute Gasteiger partial charge is 0.335 e. The number of para-hydroxylation sites is 1. The summed E-state index contributed by atoms with van der Waals surface area (Å²) >= 11 is 0. The van der Waals surface area contributed by atoms with Crippen molar-refractivity contribution in [2.75, 3.05) is 5.32 Å². The van der Waals surface area contributed by atoms with Gasteiger partial charge in [0.2, 0.25) is 11.9 Å². The number of aromatic amines is 1. The second kappa shape index (κ2) is 6.66. The molecule has 3 rings (SSSR count). The Bertz CT molecular complexity index is 942.